The normalized spacial score (nSPS) is 19.5. The minimum atomic E-state index is -1.68. The fourth-order valence-electron chi connectivity index (χ4n) is 10.9. The van der Waals surface area contributed by atoms with E-state index >= 15 is 0 Å². The number of ether oxygens (including phenoxy) is 2. The zero-order chi connectivity index (χ0) is 59.6. The van der Waals surface area contributed by atoms with Crippen molar-refractivity contribution in [1.82, 2.24) is 5.32 Å². The van der Waals surface area contributed by atoms with Gasteiger partial charge in [-0.3, -0.25) is 4.79 Å². The van der Waals surface area contributed by atoms with Gasteiger partial charge in [-0.05, 0) is 96.3 Å². The van der Waals surface area contributed by atoms with Crippen molar-refractivity contribution in [2.45, 2.75) is 371 Å². The van der Waals surface area contributed by atoms with E-state index in [0.29, 0.717) is 19.3 Å². The molecule has 1 aliphatic rings. The van der Waals surface area contributed by atoms with E-state index in [1.807, 2.05) is 0 Å². The van der Waals surface area contributed by atoms with Gasteiger partial charge in [0.2, 0.25) is 5.91 Å². The summed E-state index contributed by atoms with van der Waals surface area (Å²) >= 11 is 0. The number of hydrogen-bond donors (Lipinski definition) is 8. The van der Waals surface area contributed by atoms with Crippen LogP contribution in [0.2, 0.25) is 0 Å². The Hall–Kier alpha value is -2.19. The first kappa shape index (κ1) is 77.8. The van der Waals surface area contributed by atoms with E-state index in [4.69, 9.17) is 9.47 Å². The number of allylic oxidation sites excluding steroid dienone is 10. The molecule has 0 bridgehead atoms. The van der Waals surface area contributed by atoms with Crippen LogP contribution in [0.25, 0.3) is 0 Å². The second-order valence-corrected chi connectivity index (χ2v) is 24.2. The molecule has 480 valence electrons. The number of rotatable bonds is 60. The molecule has 11 heteroatoms. The number of hydrogen-bond acceptors (Lipinski definition) is 10. The van der Waals surface area contributed by atoms with Gasteiger partial charge in [0.25, 0.3) is 0 Å². The quantitative estimate of drug-likeness (QED) is 0.0215. The molecule has 0 spiro atoms. The molecule has 1 fully saturated rings. The van der Waals surface area contributed by atoms with E-state index in [1.165, 1.54) is 218 Å². The van der Waals surface area contributed by atoms with Gasteiger partial charge in [-0.2, -0.15) is 0 Å². The Kier molecular flexibility index (Phi) is 56.1. The number of amides is 1. The van der Waals surface area contributed by atoms with Crippen LogP contribution in [-0.4, -0.2) is 110 Å². The van der Waals surface area contributed by atoms with Crippen molar-refractivity contribution in [1.29, 1.82) is 0 Å². The third-order valence-electron chi connectivity index (χ3n) is 16.5. The first-order chi connectivity index (χ1) is 40.2. The van der Waals surface area contributed by atoms with Crippen LogP contribution >= 0.6 is 0 Å². The van der Waals surface area contributed by atoms with E-state index in [0.717, 1.165) is 51.4 Å². The summed E-state index contributed by atoms with van der Waals surface area (Å²) in [7, 11) is 0. The van der Waals surface area contributed by atoms with Crippen LogP contribution in [0.1, 0.15) is 316 Å². The molecule has 0 aromatic rings. The first-order valence-corrected chi connectivity index (χ1v) is 34.7. The van der Waals surface area contributed by atoms with Crippen molar-refractivity contribution >= 4 is 5.91 Å². The number of carbonyl (C=O) groups excluding carboxylic acids is 1. The van der Waals surface area contributed by atoms with Gasteiger partial charge in [0.1, 0.15) is 36.6 Å². The summed E-state index contributed by atoms with van der Waals surface area (Å²) in [5, 5.41) is 76.4. The Bertz CT molecular complexity index is 1520. The minimum absolute atomic E-state index is 0.240. The zero-order valence-corrected chi connectivity index (χ0v) is 53.0. The molecule has 1 aliphatic heterocycles. The lowest BCUT2D eigenvalue weighted by atomic mass is 9.98. The van der Waals surface area contributed by atoms with E-state index in [1.54, 1.807) is 0 Å². The van der Waals surface area contributed by atoms with Gasteiger partial charge in [0, 0.05) is 0 Å². The second kappa shape index (κ2) is 59.2. The minimum Gasteiger partial charge on any atom is -0.394 e. The molecule has 1 heterocycles. The first-order valence-electron chi connectivity index (χ1n) is 34.7. The number of aliphatic hydroxyl groups excluding tert-OH is 7. The van der Waals surface area contributed by atoms with Gasteiger partial charge in [-0.25, -0.2) is 0 Å². The third kappa shape index (κ3) is 46.1. The molecule has 82 heavy (non-hydrogen) atoms. The average Bonchev–Trinajstić information content (AvgIpc) is 3.50. The molecule has 11 nitrogen and oxygen atoms in total. The van der Waals surface area contributed by atoms with Gasteiger partial charge in [-0.1, -0.05) is 280 Å². The van der Waals surface area contributed by atoms with Gasteiger partial charge in [0.05, 0.1) is 25.4 Å². The van der Waals surface area contributed by atoms with Crippen LogP contribution < -0.4 is 5.32 Å². The Morgan fingerprint density at radius 2 is 0.768 bits per heavy atom. The SMILES string of the molecule is CCCCCCCCCCC/C=C\C/C=C\CCCCCCCCCCCCCCCCC(O)C(=O)NC(COC1OC(CO)C(O)C(O)C1O)C(O)C(O)CCC/C=C/CC/C=C/CC/C=C/CCCCCCCCCCCCCC. The average molecular weight is 1160 g/mol. The van der Waals surface area contributed by atoms with E-state index in [2.05, 4.69) is 79.9 Å². The van der Waals surface area contributed by atoms with Crippen LogP contribution in [0, 0.1) is 0 Å². The lowest BCUT2D eigenvalue weighted by Crippen LogP contribution is -2.60. The number of carbonyl (C=O) groups is 1. The van der Waals surface area contributed by atoms with Crippen molar-refractivity contribution in [3.8, 4) is 0 Å². The Balaban J connectivity index is 2.25. The van der Waals surface area contributed by atoms with Crippen LogP contribution in [-0.2, 0) is 14.3 Å². The van der Waals surface area contributed by atoms with Crippen LogP contribution in [0.4, 0.5) is 0 Å². The van der Waals surface area contributed by atoms with Crippen molar-refractivity contribution < 1.29 is 50.0 Å². The maximum Gasteiger partial charge on any atom is 0.249 e. The molecule has 0 radical (unpaired) electrons. The molecule has 1 saturated heterocycles. The molecular weight excluding hydrogens is 1030 g/mol. The summed E-state index contributed by atoms with van der Waals surface area (Å²) < 4.78 is 11.2. The highest BCUT2D eigenvalue weighted by molar-refractivity contribution is 5.80. The van der Waals surface area contributed by atoms with Crippen molar-refractivity contribution in [2.75, 3.05) is 13.2 Å². The Morgan fingerprint density at radius 1 is 0.427 bits per heavy atom. The lowest BCUT2D eigenvalue weighted by Gasteiger charge is -2.40. The highest BCUT2D eigenvalue weighted by Crippen LogP contribution is 2.24. The summed E-state index contributed by atoms with van der Waals surface area (Å²) in [5.41, 5.74) is 0. The fraction of sp³-hybridized carbons (Fsp3) is 0.845. The van der Waals surface area contributed by atoms with E-state index in [-0.39, 0.29) is 12.8 Å². The molecular formula is C71H131NO10. The van der Waals surface area contributed by atoms with Crippen LogP contribution in [0.3, 0.4) is 0 Å². The molecule has 9 unspecified atom stereocenters. The monoisotopic (exact) mass is 1160 g/mol. The largest absolute Gasteiger partial charge is 0.394 e. The van der Waals surface area contributed by atoms with Gasteiger partial charge < -0.3 is 50.5 Å². The standard InChI is InChI=1S/C71H131NO10/c1-3-5-7-9-11-13-15-17-19-21-23-25-27-29-30-31-32-33-35-37-39-41-43-45-47-49-51-53-55-57-59-64(75)70(80)72-62(61-81-71-69(79)68(78)67(77)65(60-73)82-71)66(76)63(74)58-56-54-52-50-48-46-44-42-40-38-36-34-28-26-24-22-20-18-16-14-12-10-8-6-4-2/h23,25,29-30,34,36,42,44,50,52,62-69,71,73-79H,3-22,24,26-28,31-33,35,37-41,43,45-49,51,53-61H2,1-2H3,(H,72,80)/b25-23-,30-29-,36-34+,44-42+,52-50+. The number of unbranched alkanes of at least 4 members (excludes halogenated alkanes) is 38. The summed E-state index contributed by atoms with van der Waals surface area (Å²) in [6, 6.07) is -1.20. The summed E-state index contributed by atoms with van der Waals surface area (Å²) in [5.74, 6) is -0.711. The third-order valence-corrected chi connectivity index (χ3v) is 16.5. The van der Waals surface area contributed by atoms with E-state index < -0.39 is 74.2 Å². The van der Waals surface area contributed by atoms with Gasteiger partial charge >= 0.3 is 0 Å². The highest BCUT2D eigenvalue weighted by Gasteiger charge is 2.44. The maximum atomic E-state index is 13.2. The topological polar surface area (TPSA) is 189 Å². The summed E-state index contributed by atoms with van der Waals surface area (Å²) in [6.45, 7) is 3.47. The Labute approximate surface area is 503 Å². The number of aliphatic hydroxyl groups is 7. The maximum absolute atomic E-state index is 13.2. The molecule has 8 N–H and O–H groups in total. The zero-order valence-electron chi connectivity index (χ0n) is 53.0. The van der Waals surface area contributed by atoms with Crippen LogP contribution in [0.15, 0.2) is 60.8 Å². The van der Waals surface area contributed by atoms with Crippen molar-refractivity contribution in [2.24, 2.45) is 0 Å². The van der Waals surface area contributed by atoms with Crippen molar-refractivity contribution in [3.05, 3.63) is 60.8 Å². The smallest absolute Gasteiger partial charge is 0.249 e. The molecule has 0 aliphatic carbocycles. The molecule has 1 rings (SSSR count). The molecule has 0 saturated carbocycles. The van der Waals surface area contributed by atoms with Gasteiger partial charge in [-0.15, -0.1) is 0 Å². The second-order valence-electron chi connectivity index (χ2n) is 24.2. The molecule has 9 atom stereocenters. The summed E-state index contributed by atoms with van der Waals surface area (Å²) in [4.78, 5) is 13.2. The lowest BCUT2D eigenvalue weighted by molar-refractivity contribution is -0.303. The predicted molar refractivity (Wildman–Crippen MR) is 344 cm³/mol. The number of nitrogens with one attached hydrogen (secondary N) is 1. The highest BCUT2D eigenvalue weighted by atomic mass is 16.7. The van der Waals surface area contributed by atoms with E-state index in [9.17, 15) is 40.5 Å². The molecule has 1 amide bonds. The fourth-order valence-corrected chi connectivity index (χ4v) is 10.9. The van der Waals surface area contributed by atoms with Crippen molar-refractivity contribution in [3.63, 3.8) is 0 Å². The predicted octanol–water partition coefficient (Wildman–Crippen LogP) is 16.5. The summed E-state index contributed by atoms with van der Waals surface area (Å²) in [6.07, 6.45) is 67.3. The van der Waals surface area contributed by atoms with Crippen LogP contribution in [0.5, 0.6) is 0 Å². The Morgan fingerprint density at radius 3 is 1.16 bits per heavy atom. The molecule has 0 aromatic heterocycles. The molecule has 0 aromatic carbocycles. The van der Waals surface area contributed by atoms with Gasteiger partial charge in [0.15, 0.2) is 6.29 Å².